The summed E-state index contributed by atoms with van der Waals surface area (Å²) in [5.41, 5.74) is 2.43. The lowest BCUT2D eigenvalue weighted by molar-refractivity contribution is -0.118. The van der Waals surface area contributed by atoms with Gasteiger partial charge in [-0.05, 0) is 68.7 Å². The standard InChI is InChI=1S/C24H25Cl2N5O2/c1-16-13-22(30-24(27-16)31-11-3-2-4-12-31)28-18-6-8-19(9-7-18)29-23(32)15-33-21-10-5-17(25)14-20(21)26/h5-10,13-14H,2-4,11-12,15H2,1H3,(H,29,32)(H,27,28,30). The van der Waals surface area contributed by atoms with Crippen molar-refractivity contribution in [1.82, 2.24) is 9.97 Å². The van der Waals surface area contributed by atoms with E-state index in [1.54, 1.807) is 18.2 Å². The Morgan fingerprint density at radius 2 is 1.73 bits per heavy atom. The van der Waals surface area contributed by atoms with Crippen molar-refractivity contribution in [3.63, 3.8) is 0 Å². The molecule has 1 aliphatic rings. The van der Waals surface area contributed by atoms with E-state index in [1.165, 1.54) is 19.3 Å². The number of piperidine rings is 1. The summed E-state index contributed by atoms with van der Waals surface area (Å²) in [4.78, 5) is 23.7. The molecule has 0 bridgehead atoms. The van der Waals surface area contributed by atoms with Crippen LogP contribution in [0.15, 0.2) is 48.5 Å². The third-order valence-electron chi connectivity index (χ3n) is 5.18. The molecule has 0 saturated carbocycles. The number of halogens is 2. The molecule has 9 heteroatoms. The number of nitrogens with one attached hydrogen (secondary N) is 2. The van der Waals surface area contributed by atoms with Crippen LogP contribution in [0.4, 0.5) is 23.1 Å². The molecule has 1 aliphatic heterocycles. The van der Waals surface area contributed by atoms with Gasteiger partial charge in [-0.2, -0.15) is 4.98 Å². The molecule has 2 aromatic carbocycles. The molecule has 1 fully saturated rings. The fourth-order valence-corrected chi connectivity index (χ4v) is 4.03. The van der Waals surface area contributed by atoms with E-state index in [-0.39, 0.29) is 12.5 Å². The molecule has 3 aromatic rings. The van der Waals surface area contributed by atoms with E-state index in [4.69, 9.17) is 27.9 Å². The van der Waals surface area contributed by atoms with Crippen molar-refractivity contribution >= 4 is 52.3 Å². The number of nitrogens with zero attached hydrogens (tertiary/aromatic N) is 3. The van der Waals surface area contributed by atoms with Crippen LogP contribution in [0.1, 0.15) is 25.0 Å². The fourth-order valence-electron chi connectivity index (χ4n) is 3.57. The van der Waals surface area contributed by atoms with Crippen molar-refractivity contribution in [3.8, 4) is 5.75 Å². The highest BCUT2D eigenvalue weighted by Crippen LogP contribution is 2.27. The summed E-state index contributed by atoms with van der Waals surface area (Å²) in [6, 6.07) is 14.2. The zero-order valence-electron chi connectivity index (χ0n) is 18.3. The summed E-state index contributed by atoms with van der Waals surface area (Å²) in [6.07, 6.45) is 3.60. The predicted molar refractivity (Wildman–Crippen MR) is 133 cm³/mol. The van der Waals surface area contributed by atoms with E-state index in [1.807, 2.05) is 37.3 Å². The normalized spacial score (nSPS) is 13.5. The first-order valence-electron chi connectivity index (χ1n) is 10.8. The van der Waals surface area contributed by atoms with Gasteiger partial charge in [0.25, 0.3) is 5.91 Å². The monoisotopic (exact) mass is 485 g/mol. The molecule has 1 saturated heterocycles. The first kappa shape index (κ1) is 23.1. The number of anilines is 4. The highest BCUT2D eigenvalue weighted by molar-refractivity contribution is 6.35. The molecule has 0 atom stereocenters. The minimum absolute atomic E-state index is 0.166. The topological polar surface area (TPSA) is 79.4 Å². The van der Waals surface area contributed by atoms with Gasteiger partial charge in [0.15, 0.2) is 6.61 Å². The fraction of sp³-hybridized carbons (Fsp3) is 0.292. The van der Waals surface area contributed by atoms with E-state index < -0.39 is 0 Å². The van der Waals surface area contributed by atoms with Crippen LogP contribution in [0.25, 0.3) is 0 Å². The van der Waals surface area contributed by atoms with Gasteiger partial charge in [-0.1, -0.05) is 23.2 Å². The third kappa shape index (κ3) is 6.49. The van der Waals surface area contributed by atoms with Gasteiger partial charge in [0.1, 0.15) is 11.6 Å². The molecule has 0 spiro atoms. The number of benzene rings is 2. The van der Waals surface area contributed by atoms with Gasteiger partial charge in [0.2, 0.25) is 5.95 Å². The van der Waals surface area contributed by atoms with Gasteiger partial charge >= 0.3 is 0 Å². The summed E-state index contributed by atoms with van der Waals surface area (Å²) < 4.78 is 5.47. The molecule has 0 unspecified atom stereocenters. The van der Waals surface area contributed by atoms with Crippen LogP contribution in [0.3, 0.4) is 0 Å². The van der Waals surface area contributed by atoms with E-state index in [2.05, 4.69) is 25.5 Å². The number of hydrogen-bond acceptors (Lipinski definition) is 6. The number of aryl methyl sites for hydroxylation is 1. The molecular weight excluding hydrogens is 461 g/mol. The Bertz CT molecular complexity index is 1120. The second-order valence-electron chi connectivity index (χ2n) is 7.86. The van der Waals surface area contributed by atoms with Crippen molar-refractivity contribution in [2.75, 3.05) is 35.2 Å². The second kappa shape index (κ2) is 10.7. The number of aromatic nitrogens is 2. The molecule has 172 valence electrons. The predicted octanol–water partition coefficient (Wildman–Crippen LogP) is 5.84. The lowest BCUT2D eigenvalue weighted by Crippen LogP contribution is -2.31. The lowest BCUT2D eigenvalue weighted by atomic mass is 10.1. The van der Waals surface area contributed by atoms with Crippen LogP contribution >= 0.6 is 23.2 Å². The minimum Gasteiger partial charge on any atom is -0.482 e. The maximum atomic E-state index is 12.2. The van der Waals surface area contributed by atoms with Crippen LogP contribution in [-0.4, -0.2) is 35.6 Å². The Balaban J connectivity index is 1.33. The summed E-state index contributed by atoms with van der Waals surface area (Å²) in [5.74, 6) is 1.62. The highest BCUT2D eigenvalue weighted by atomic mass is 35.5. The first-order valence-corrected chi connectivity index (χ1v) is 11.6. The van der Waals surface area contributed by atoms with Crippen LogP contribution in [-0.2, 0) is 4.79 Å². The highest BCUT2D eigenvalue weighted by Gasteiger charge is 2.15. The Labute approximate surface area is 203 Å². The van der Waals surface area contributed by atoms with E-state index in [9.17, 15) is 4.79 Å². The van der Waals surface area contributed by atoms with E-state index in [0.717, 1.165) is 36.2 Å². The van der Waals surface area contributed by atoms with Crippen molar-refractivity contribution in [2.45, 2.75) is 26.2 Å². The van der Waals surface area contributed by atoms with Crippen molar-refractivity contribution < 1.29 is 9.53 Å². The molecule has 4 rings (SSSR count). The molecule has 0 aliphatic carbocycles. The summed E-state index contributed by atoms with van der Waals surface area (Å²) in [5, 5.41) is 6.98. The minimum atomic E-state index is -0.292. The zero-order chi connectivity index (χ0) is 23.2. The maximum Gasteiger partial charge on any atom is 0.262 e. The van der Waals surface area contributed by atoms with Gasteiger partial charge in [-0.25, -0.2) is 4.98 Å². The zero-order valence-corrected chi connectivity index (χ0v) is 19.8. The van der Waals surface area contributed by atoms with Crippen molar-refractivity contribution in [3.05, 3.63) is 64.3 Å². The Morgan fingerprint density at radius 3 is 2.45 bits per heavy atom. The Kier molecular flexibility index (Phi) is 7.52. The van der Waals surface area contributed by atoms with Crippen LogP contribution in [0, 0.1) is 6.92 Å². The second-order valence-corrected chi connectivity index (χ2v) is 8.70. The molecule has 0 radical (unpaired) electrons. The molecular formula is C24H25Cl2N5O2. The number of ether oxygens (including phenoxy) is 1. The third-order valence-corrected chi connectivity index (χ3v) is 5.71. The quantitative estimate of drug-likeness (QED) is 0.437. The number of amides is 1. The van der Waals surface area contributed by atoms with Crippen LogP contribution in [0.2, 0.25) is 10.0 Å². The van der Waals surface area contributed by atoms with Gasteiger partial charge < -0.3 is 20.3 Å². The van der Waals surface area contributed by atoms with Crippen molar-refractivity contribution in [2.24, 2.45) is 0 Å². The molecule has 2 heterocycles. The Morgan fingerprint density at radius 1 is 1.00 bits per heavy atom. The number of carbonyl (C=O) groups is 1. The van der Waals surface area contributed by atoms with Gasteiger partial charge in [0.05, 0.1) is 5.02 Å². The summed E-state index contributed by atoms with van der Waals surface area (Å²) >= 11 is 11.9. The smallest absolute Gasteiger partial charge is 0.262 e. The largest absolute Gasteiger partial charge is 0.482 e. The van der Waals surface area contributed by atoms with Crippen molar-refractivity contribution in [1.29, 1.82) is 0 Å². The summed E-state index contributed by atoms with van der Waals surface area (Å²) in [7, 11) is 0. The molecule has 7 nitrogen and oxygen atoms in total. The molecule has 2 N–H and O–H groups in total. The number of carbonyl (C=O) groups excluding carboxylic acids is 1. The summed E-state index contributed by atoms with van der Waals surface area (Å²) in [6.45, 7) is 3.79. The van der Waals surface area contributed by atoms with Crippen LogP contribution < -0.4 is 20.3 Å². The molecule has 1 aromatic heterocycles. The average molecular weight is 486 g/mol. The van der Waals surface area contributed by atoms with E-state index in [0.29, 0.717) is 21.5 Å². The maximum absolute atomic E-state index is 12.2. The molecule has 1 amide bonds. The first-order chi connectivity index (χ1) is 16.0. The van der Waals surface area contributed by atoms with E-state index >= 15 is 0 Å². The average Bonchev–Trinajstić information content (AvgIpc) is 2.80. The SMILES string of the molecule is Cc1cc(Nc2ccc(NC(=O)COc3ccc(Cl)cc3Cl)cc2)nc(N2CCCCC2)n1. The van der Waals surface area contributed by atoms with Gasteiger partial charge in [-0.15, -0.1) is 0 Å². The lowest BCUT2D eigenvalue weighted by Gasteiger charge is -2.27. The number of hydrogen-bond donors (Lipinski definition) is 2. The van der Waals surface area contributed by atoms with Gasteiger partial charge in [-0.3, -0.25) is 4.79 Å². The molecule has 33 heavy (non-hydrogen) atoms. The number of rotatable bonds is 7. The Hall–Kier alpha value is -3.03. The van der Waals surface area contributed by atoms with Crippen LogP contribution in [0.5, 0.6) is 5.75 Å². The van der Waals surface area contributed by atoms with Gasteiger partial charge in [0, 0.05) is 41.2 Å².